The number of hydrogen-bond donors (Lipinski definition) is 0. The highest BCUT2D eigenvalue weighted by Crippen LogP contribution is 2.23. The summed E-state index contributed by atoms with van der Waals surface area (Å²) in [5, 5.41) is 11.1. The van der Waals surface area contributed by atoms with E-state index in [0.717, 1.165) is 11.1 Å². The van der Waals surface area contributed by atoms with Crippen molar-refractivity contribution >= 4 is 39.1 Å². The summed E-state index contributed by atoms with van der Waals surface area (Å²) in [4.78, 5) is 39.5. The number of benzene rings is 2. The zero-order valence-corrected chi connectivity index (χ0v) is 16.3. The van der Waals surface area contributed by atoms with Crippen LogP contribution in [0, 0.1) is 24.0 Å². The molecule has 3 rings (SSSR count). The molecule has 0 spiro atoms. The van der Waals surface area contributed by atoms with Crippen molar-refractivity contribution in [3.63, 3.8) is 0 Å². The standard InChI is InChI=1S/C19H17N3O5S/c1-11-4-5-13(8-12(11)2)18(24)20-19-21(10-17(23)27-3)15-9-14(22(25)26)6-7-16(15)28-19/h4-9H,10H2,1-3H3. The van der Waals surface area contributed by atoms with Crippen LogP contribution in [0.3, 0.4) is 0 Å². The molecule has 1 aromatic heterocycles. The number of amides is 1. The fourth-order valence-corrected chi connectivity index (χ4v) is 3.64. The summed E-state index contributed by atoms with van der Waals surface area (Å²) in [5.41, 5.74) is 2.78. The number of thiazole rings is 1. The number of carbonyl (C=O) groups is 2. The fraction of sp³-hybridized carbons (Fsp3) is 0.211. The van der Waals surface area contributed by atoms with Gasteiger partial charge in [-0.05, 0) is 43.2 Å². The lowest BCUT2D eigenvalue weighted by Crippen LogP contribution is -2.22. The van der Waals surface area contributed by atoms with Crippen LogP contribution in [0.15, 0.2) is 41.4 Å². The predicted octanol–water partition coefficient (Wildman–Crippen LogP) is 3.14. The number of nitro groups is 1. The number of aromatic nitrogens is 1. The van der Waals surface area contributed by atoms with E-state index in [1.165, 1.54) is 35.1 Å². The van der Waals surface area contributed by atoms with Crippen molar-refractivity contribution in [2.24, 2.45) is 4.99 Å². The van der Waals surface area contributed by atoms with E-state index >= 15 is 0 Å². The molecule has 2 aromatic carbocycles. The first-order valence-corrected chi connectivity index (χ1v) is 9.12. The molecule has 3 aromatic rings. The van der Waals surface area contributed by atoms with Gasteiger partial charge < -0.3 is 9.30 Å². The Morgan fingerprint density at radius 1 is 1.18 bits per heavy atom. The van der Waals surface area contributed by atoms with Gasteiger partial charge in [-0.2, -0.15) is 4.99 Å². The summed E-state index contributed by atoms with van der Waals surface area (Å²) >= 11 is 1.17. The summed E-state index contributed by atoms with van der Waals surface area (Å²) in [6.07, 6.45) is 0. The molecular weight excluding hydrogens is 382 g/mol. The van der Waals surface area contributed by atoms with Gasteiger partial charge in [-0.3, -0.25) is 19.7 Å². The molecule has 144 valence electrons. The number of nitrogens with zero attached hydrogens (tertiary/aromatic N) is 3. The Hall–Kier alpha value is -3.33. The summed E-state index contributed by atoms with van der Waals surface area (Å²) < 4.78 is 6.83. The molecule has 0 aliphatic carbocycles. The van der Waals surface area contributed by atoms with Crippen LogP contribution in [0.5, 0.6) is 0 Å². The number of rotatable bonds is 4. The number of fused-ring (bicyclic) bond motifs is 1. The van der Waals surface area contributed by atoms with Crippen LogP contribution < -0.4 is 4.80 Å². The Kier molecular flexibility index (Phi) is 5.36. The van der Waals surface area contributed by atoms with E-state index in [4.69, 9.17) is 4.74 Å². The molecule has 28 heavy (non-hydrogen) atoms. The minimum Gasteiger partial charge on any atom is -0.468 e. The molecule has 1 heterocycles. The molecule has 0 unspecified atom stereocenters. The van der Waals surface area contributed by atoms with E-state index in [0.29, 0.717) is 15.8 Å². The maximum atomic E-state index is 12.6. The quantitative estimate of drug-likeness (QED) is 0.381. The second-order valence-electron chi connectivity index (χ2n) is 6.17. The third kappa shape index (κ3) is 3.84. The van der Waals surface area contributed by atoms with Gasteiger partial charge in [0.25, 0.3) is 11.6 Å². The maximum Gasteiger partial charge on any atom is 0.325 e. The summed E-state index contributed by atoms with van der Waals surface area (Å²) in [7, 11) is 1.25. The molecule has 0 atom stereocenters. The Morgan fingerprint density at radius 3 is 2.57 bits per heavy atom. The van der Waals surface area contributed by atoms with E-state index in [-0.39, 0.29) is 17.0 Å². The highest BCUT2D eigenvalue weighted by Gasteiger charge is 2.16. The molecule has 0 aliphatic rings. The fourth-order valence-electron chi connectivity index (χ4n) is 2.63. The Morgan fingerprint density at radius 2 is 1.93 bits per heavy atom. The third-order valence-corrected chi connectivity index (χ3v) is 5.40. The largest absolute Gasteiger partial charge is 0.468 e. The number of carbonyl (C=O) groups excluding carboxylic acids is 2. The van der Waals surface area contributed by atoms with Crippen LogP contribution in [0.2, 0.25) is 0 Å². The smallest absolute Gasteiger partial charge is 0.325 e. The van der Waals surface area contributed by atoms with Crippen molar-refractivity contribution in [2.75, 3.05) is 7.11 Å². The van der Waals surface area contributed by atoms with Crippen molar-refractivity contribution in [3.05, 3.63) is 68.0 Å². The zero-order chi connectivity index (χ0) is 20.4. The lowest BCUT2D eigenvalue weighted by atomic mass is 10.1. The average molecular weight is 399 g/mol. The monoisotopic (exact) mass is 399 g/mol. The number of hydrogen-bond acceptors (Lipinski definition) is 6. The highest BCUT2D eigenvalue weighted by molar-refractivity contribution is 7.16. The van der Waals surface area contributed by atoms with E-state index in [1.807, 2.05) is 19.9 Å². The van der Waals surface area contributed by atoms with Gasteiger partial charge in [-0.1, -0.05) is 17.4 Å². The van der Waals surface area contributed by atoms with Crippen molar-refractivity contribution in [1.29, 1.82) is 0 Å². The van der Waals surface area contributed by atoms with Crippen LogP contribution in [0.1, 0.15) is 21.5 Å². The average Bonchev–Trinajstić information content (AvgIpc) is 3.00. The van der Waals surface area contributed by atoms with Gasteiger partial charge in [0.2, 0.25) is 0 Å². The van der Waals surface area contributed by atoms with Gasteiger partial charge in [0.15, 0.2) is 4.80 Å². The molecule has 0 bridgehead atoms. The van der Waals surface area contributed by atoms with Gasteiger partial charge in [0.1, 0.15) is 6.54 Å². The second-order valence-corrected chi connectivity index (χ2v) is 7.18. The summed E-state index contributed by atoms with van der Waals surface area (Å²) in [6, 6.07) is 9.59. The molecule has 0 saturated carbocycles. The number of methoxy groups -OCH3 is 1. The molecule has 8 nitrogen and oxygen atoms in total. The molecular formula is C19H17N3O5S. The predicted molar refractivity (Wildman–Crippen MR) is 104 cm³/mol. The Balaban J connectivity index is 2.17. The van der Waals surface area contributed by atoms with Gasteiger partial charge in [0.05, 0.1) is 22.2 Å². The molecule has 0 fully saturated rings. The third-order valence-electron chi connectivity index (χ3n) is 4.34. The van der Waals surface area contributed by atoms with Crippen LogP contribution >= 0.6 is 11.3 Å². The van der Waals surface area contributed by atoms with Crippen LogP contribution in [-0.2, 0) is 16.1 Å². The van der Waals surface area contributed by atoms with E-state index in [2.05, 4.69) is 4.99 Å². The maximum absolute atomic E-state index is 12.6. The number of non-ortho nitro benzene ring substituents is 1. The molecule has 0 radical (unpaired) electrons. The first-order valence-electron chi connectivity index (χ1n) is 8.31. The molecule has 9 heteroatoms. The Bertz CT molecular complexity index is 1180. The van der Waals surface area contributed by atoms with Crippen molar-refractivity contribution in [2.45, 2.75) is 20.4 Å². The number of ether oxygens (including phenoxy) is 1. The molecule has 0 saturated heterocycles. The first-order chi connectivity index (χ1) is 13.3. The van der Waals surface area contributed by atoms with Crippen LogP contribution in [-0.4, -0.2) is 28.5 Å². The first kappa shape index (κ1) is 19.4. The summed E-state index contributed by atoms with van der Waals surface area (Å²) in [5.74, 6) is -1.01. The minimum absolute atomic E-state index is 0.115. The highest BCUT2D eigenvalue weighted by atomic mass is 32.1. The van der Waals surface area contributed by atoms with E-state index < -0.39 is 16.8 Å². The normalized spacial score (nSPS) is 11.6. The number of esters is 1. The zero-order valence-electron chi connectivity index (χ0n) is 15.5. The van der Waals surface area contributed by atoms with Crippen LogP contribution in [0.4, 0.5) is 5.69 Å². The van der Waals surface area contributed by atoms with Crippen LogP contribution in [0.25, 0.3) is 10.2 Å². The van der Waals surface area contributed by atoms with Gasteiger partial charge >= 0.3 is 5.97 Å². The molecule has 0 N–H and O–H groups in total. The lowest BCUT2D eigenvalue weighted by molar-refractivity contribution is -0.384. The van der Waals surface area contributed by atoms with Gasteiger partial charge in [-0.25, -0.2) is 0 Å². The van der Waals surface area contributed by atoms with Crippen molar-refractivity contribution in [1.82, 2.24) is 4.57 Å². The summed E-state index contributed by atoms with van der Waals surface area (Å²) in [6.45, 7) is 3.64. The van der Waals surface area contributed by atoms with Crippen molar-refractivity contribution in [3.8, 4) is 0 Å². The minimum atomic E-state index is -0.550. The second kappa shape index (κ2) is 7.73. The Labute approximate surface area is 163 Å². The topological polar surface area (TPSA) is 104 Å². The molecule has 1 amide bonds. The van der Waals surface area contributed by atoms with E-state index in [9.17, 15) is 19.7 Å². The van der Waals surface area contributed by atoms with Crippen molar-refractivity contribution < 1.29 is 19.2 Å². The number of aryl methyl sites for hydroxylation is 2. The van der Waals surface area contributed by atoms with E-state index in [1.54, 1.807) is 18.2 Å². The lowest BCUT2D eigenvalue weighted by Gasteiger charge is -2.04. The number of nitro benzene ring substituents is 1. The van der Waals surface area contributed by atoms with Gasteiger partial charge in [-0.15, -0.1) is 0 Å². The SMILES string of the molecule is COC(=O)Cn1c(=NC(=O)c2ccc(C)c(C)c2)sc2ccc([N+](=O)[O-])cc21. The molecule has 0 aliphatic heterocycles. The van der Waals surface area contributed by atoms with Gasteiger partial charge in [0, 0.05) is 17.7 Å².